The van der Waals surface area contributed by atoms with Gasteiger partial charge >= 0.3 is 0 Å². The van der Waals surface area contributed by atoms with Gasteiger partial charge < -0.3 is 15.5 Å². The average Bonchev–Trinajstić information content (AvgIpc) is 3.44. The lowest BCUT2D eigenvalue weighted by Gasteiger charge is -2.19. The molecule has 4 nitrogen and oxygen atoms in total. The van der Waals surface area contributed by atoms with Gasteiger partial charge in [-0.3, -0.25) is 4.79 Å². The van der Waals surface area contributed by atoms with Gasteiger partial charge in [0.05, 0.1) is 18.8 Å². The van der Waals surface area contributed by atoms with Crippen LogP contribution in [0, 0.1) is 0 Å². The van der Waals surface area contributed by atoms with E-state index in [0.29, 0.717) is 6.42 Å². The van der Waals surface area contributed by atoms with Crippen LogP contribution in [0.25, 0.3) is 0 Å². The summed E-state index contributed by atoms with van der Waals surface area (Å²) in [7, 11) is 0. The van der Waals surface area contributed by atoms with E-state index in [9.17, 15) is 15.0 Å². The minimum atomic E-state index is -0.873. The van der Waals surface area contributed by atoms with Crippen LogP contribution in [0.1, 0.15) is 386 Å². The zero-order chi connectivity index (χ0) is 56.2. The molecule has 78 heavy (non-hydrogen) atoms. The third-order valence-electron chi connectivity index (χ3n) is 16.5. The fraction of sp³-hybridized carbons (Fsp3) is 0.851. The van der Waals surface area contributed by atoms with Crippen molar-refractivity contribution >= 4 is 5.91 Å². The molecule has 0 aliphatic heterocycles. The summed E-state index contributed by atoms with van der Waals surface area (Å²) < 4.78 is 0. The van der Waals surface area contributed by atoms with E-state index < -0.39 is 12.1 Å². The standard InChI is InChI=1S/C74H139NO3/c1-3-5-7-9-11-13-15-17-19-21-23-25-27-29-31-33-35-37-39-41-43-45-47-49-51-53-55-57-59-61-63-65-67-69-73(77)72(71-76)75-74(78)70-68-66-64-62-60-58-56-54-52-50-48-46-44-42-40-38-36-34-32-30-28-26-24-22-20-18-16-14-12-10-8-6-4-2/h16,18,22,24,51,53,59,61,67,69,72-73,76-77H,3-15,17,19-21,23,25-50,52,54-58,60,62-66,68,70-71H2,1-2H3,(H,75,78)/b18-16-,24-22-,53-51+,61-59+,69-67+. The molecule has 0 bridgehead atoms. The quantitative estimate of drug-likeness (QED) is 0.0420. The first-order valence-electron chi connectivity index (χ1n) is 35.5. The Hall–Kier alpha value is -1.91. The lowest BCUT2D eigenvalue weighted by molar-refractivity contribution is -0.123. The molecule has 4 heteroatoms. The monoisotopic (exact) mass is 1090 g/mol. The maximum Gasteiger partial charge on any atom is 0.220 e. The molecule has 0 rings (SSSR count). The number of hydrogen-bond acceptors (Lipinski definition) is 3. The number of allylic oxidation sites excluding steroid dienone is 9. The number of nitrogens with one attached hydrogen (secondary N) is 1. The Morgan fingerprint density at radius 3 is 0.821 bits per heavy atom. The molecule has 2 atom stereocenters. The topological polar surface area (TPSA) is 69.6 Å². The van der Waals surface area contributed by atoms with Crippen molar-refractivity contribution < 1.29 is 15.0 Å². The number of unbranched alkanes of at least 4 members (excludes halogenated alkanes) is 51. The molecule has 0 aliphatic rings. The molecule has 0 saturated carbocycles. The number of aliphatic hydroxyl groups excluding tert-OH is 2. The van der Waals surface area contributed by atoms with Crippen LogP contribution in [0.4, 0.5) is 0 Å². The largest absolute Gasteiger partial charge is 0.394 e. The molecule has 0 aliphatic carbocycles. The third-order valence-corrected chi connectivity index (χ3v) is 16.5. The van der Waals surface area contributed by atoms with Crippen LogP contribution in [-0.4, -0.2) is 34.9 Å². The number of carbonyl (C=O) groups excluding carboxylic acids is 1. The van der Waals surface area contributed by atoms with E-state index in [1.165, 1.54) is 321 Å². The maximum absolute atomic E-state index is 12.5. The molecule has 0 spiro atoms. The van der Waals surface area contributed by atoms with Gasteiger partial charge in [0, 0.05) is 6.42 Å². The Bertz CT molecular complexity index is 1280. The summed E-state index contributed by atoms with van der Waals surface area (Å²) in [5.41, 5.74) is 0. The molecule has 0 aromatic carbocycles. The molecule has 0 aromatic rings. The summed E-state index contributed by atoms with van der Waals surface area (Å²) >= 11 is 0. The normalized spacial score (nSPS) is 13.0. The highest BCUT2D eigenvalue weighted by Gasteiger charge is 2.18. The van der Waals surface area contributed by atoms with Crippen LogP contribution in [0.5, 0.6) is 0 Å². The fourth-order valence-electron chi connectivity index (χ4n) is 11.1. The molecule has 0 heterocycles. The van der Waals surface area contributed by atoms with E-state index in [4.69, 9.17) is 0 Å². The smallest absolute Gasteiger partial charge is 0.220 e. The van der Waals surface area contributed by atoms with Gasteiger partial charge in [-0.25, -0.2) is 0 Å². The highest BCUT2D eigenvalue weighted by molar-refractivity contribution is 5.76. The highest BCUT2D eigenvalue weighted by atomic mass is 16.3. The number of carbonyl (C=O) groups is 1. The van der Waals surface area contributed by atoms with E-state index in [1.54, 1.807) is 6.08 Å². The van der Waals surface area contributed by atoms with Crippen LogP contribution >= 0.6 is 0 Å². The van der Waals surface area contributed by atoms with Crippen molar-refractivity contribution in [3.63, 3.8) is 0 Å². The van der Waals surface area contributed by atoms with E-state index in [0.717, 1.165) is 44.9 Å². The molecular weight excluding hydrogens is 951 g/mol. The molecule has 1 amide bonds. The van der Waals surface area contributed by atoms with Crippen LogP contribution in [0.15, 0.2) is 60.8 Å². The van der Waals surface area contributed by atoms with Crippen molar-refractivity contribution in [1.29, 1.82) is 0 Å². The minimum absolute atomic E-state index is 0.0718. The number of aliphatic hydroxyl groups is 2. The second kappa shape index (κ2) is 69.4. The van der Waals surface area contributed by atoms with Crippen LogP contribution < -0.4 is 5.32 Å². The van der Waals surface area contributed by atoms with Gasteiger partial charge in [0.1, 0.15) is 0 Å². The second-order valence-corrected chi connectivity index (χ2v) is 24.3. The Labute approximate surface area is 489 Å². The first kappa shape index (κ1) is 76.1. The Morgan fingerprint density at radius 2 is 0.538 bits per heavy atom. The van der Waals surface area contributed by atoms with Gasteiger partial charge in [-0.15, -0.1) is 0 Å². The second-order valence-electron chi connectivity index (χ2n) is 24.3. The van der Waals surface area contributed by atoms with E-state index in [-0.39, 0.29) is 12.5 Å². The van der Waals surface area contributed by atoms with Gasteiger partial charge in [0.2, 0.25) is 5.91 Å². The lowest BCUT2D eigenvalue weighted by atomic mass is 10.0. The van der Waals surface area contributed by atoms with Crippen LogP contribution in [0.2, 0.25) is 0 Å². The Morgan fingerprint density at radius 1 is 0.308 bits per heavy atom. The Balaban J connectivity index is 3.48. The molecule has 0 fully saturated rings. The molecule has 0 radical (unpaired) electrons. The summed E-state index contributed by atoms with van der Waals surface area (Å²) in [6, 6.07) is -0.648. The van der Waals surface area contributed by atoms with Gasteiger partial charge in [0.25, 0.3) is 0 Å². The predicted molar refractivity (Wildman–Crippen MR) is 350 cm³/mol. The van der Waals surface area contributed by atoms with E-state index in [1.807, 2.05) is 6.08 Å². The zero-order valence-electron chi connectivity index (χ0n) is 53.0. The Kier molecular flexibility index (Phi) is 67.7. The van der Waals surface area contributed by atoms with Gasteiger partial charge in [-0.1, -0.05) is 364 Å². The van der Waals surface area contributed by atoms with Crippen molar-refractivity contribution in [1.82, 2.24) is 5.32 Å². The molecular formula is C74H139NO3. The minimum Gasteiger partial charge on any atom is -0.394 e. The summed E-state index contributed by atoms with van der Waals surface area (Å²) in [4.78, 5) is 12.5. The SMILES string of the molecule is CCCCCCC/C=C\C/C=C\CCCCCCCCCCCCCCCCCCCCCCCC(=O)NC(CO)C(O)/C=C/CC/C=C/CC/C=C/CCCCCCCCCCCCCCCCCCCCCCCCC. The van der Waals surface area contributed by atoms with Crippen molar-refractivity contribution in [3.05, 3.63) is 60.8 Å². The zero-order valence-corrected chi connectivity index (χ0v) is 53.0. The fourth-order valence-corrected chi connectivity index (χ4v) is 11.1. The van der Waals surface area contributed by atoms with Gasteiger partial charge in [0.15, 0.2) is 0 Å². The van der Waals surface area contributed by atoms with E-state index >= 15 is 0 Å². The first-order valence-corrected chi connectivity index (χ1v) is 35.5. The number of amides is 1. The average molecular weight is 1090 g/mol. The van der Waals surface area contributed by atoms with Crippen LogP contribution in [0.3, 0.4) is 0 Å². The molecule has 458 valence electrons. The van der Waals surface area contributed by atoms with Crippen molar-refractivity contribution in [3.8, 4) is 0 Å². The molecule has 0 aromatic heterocycles. The summed E-state index contributed by atoms with van der Waals surface area (Å²) in [5.74, 6) is -0.0718. The van der Waals surface area contributed by atoms with Gasteiger partial charge in [-0.2, -0.15) is 0 Å². The third kappa shape index (κ3) is 64.9. The number of hydrogen-bond donors (Lipinski definition) is 3. The highest BCUT2D eigenvalue weighted by Crippen LogP contribution is 2.19. The van der Waals surface area contributed by atoms with Crippen LogP contribution in [-0.2, 0) is 4.79 Å². The molecule has 3 N–H and O–H groups in total. The number of rotatable bonds is 66. The first-order chi connectivity index (χ1) is 38.7. The van der Waals surface area contributed by atoms with Crippen molar-refractivity contribution in [2.24, 2.45) is 0 Å². The predicted octanol–water partition coefficient (Wildman–Crippen LogP) is 24.3. The maximum atomic E-state index is 12.5. The summed E-state index contributed by atoms with van der Waals surface area (Å²) in [6.45, 7) is 4.32. The van der Waals surface area contributed by atoms with E-state index in [2.05, 4.69) is 67.8 Å². The molecule has 0 saturated heterocycles. The molecule has 2 unspecified atom stereocenters. The lowest BCUT2D eigenvalue weighted by Crippen LogP contribution is -2.45. The summed E-state index contributed by atoms with van der Waals surface area (Å²) in [5, 5.41) is 23.3. The van der Waals surface area contributed by atoms with Crippen molar-refractivity contribution in [2.75, 3.05) is 6.61 Å². The summed E-state index contributed by atoms with van der Waals surface area (Å²) in [6.07, 6.45) is 98.9. The van der Waals surface area contributed by atoms with Gasteiger partial charge in [-0.05, 0) is 77.0 Å². The van der Waals surface area contributed by atoms with Crippen molar-refractivity contribution in [2.45, 2.75) is 398 Å².